The van der Waals surface area contributed by atoms with Gasteiger partial charge in [0, 0.05) is 5.92 Å². The molecule has 1 aliphatic rings. The second-order valence-corrected chi connectivity index (χ2v) is 6.45. The van der Waals surface area contributed by atoms with Crippen molar-refractivity contribution in [1.29, 1.82) is 0 Å². The number of aliphatic hydroxyl groups excluding tert-OH is 1. The largest absolute Gasteiger partial charge is 0.457 e. The number of carbonyl (C=O) groups is 1. The van der Waals surface area contributed by atoms with E-state index in [9.17, 15) is 9.90 Å². The Balaban J connectivity index is 2.88. The Kier molecular flexibility index (Phi) is 7.80. The third-order valence-electron chi connectivity index (χ3n) is 3.73. The highest BCUT2D eigenvalue weighted by Gasteiger charge is 2.23. The van der Waals surface area contributed by atoms with Gasteiger partial charge in [0.15, 0.2) is 0 Å². The van der Waals surface area contributed by atoms with Crippen LogP contribution in [0.1, 0.15) is 46.5 Å². The van der Waals surface area contributed by atoms with Crippen LogP contribution in [0.4, 0.5) is 0 Å². The molecule has 3 nitrogen and oxygen atoms in total. The molecule has 0 aliphatic carbocycles. The zero-order valence-corrected chi connectivity index (χ0v) is 14.7. The first kappa shape index (κ1) is 17.7. The van der Waals surface area contributed by atoms with Crippen LogP contribution in [0.3, 0.4) is 0 Å². The van der Waals surface area contributed by atoms with Gasteiger partial charge in [0.05, 0.1) is 12.5 Å². The summed E-state index contributed by atoms with van der Waals surface area (Å²) >= 11 is 2.17. The van der Waals surface area contributed by atoms with E-state index in [-0.39, 0.29) is 24.4 Å². The average molecular weight is 392 g/mol. The molecule has 1 N–H and O–H groups in total. The topological polar surface area (TPSA) is 46.5 Å². The van der Waals surface area contributed by atoms with Crippen molar-refractivity contribution >= 4 is 28.6 Å². The summed E-state index contributed by atoms with van der Waals surface area (Å²) in [6, 6.07) is 0. The van der Waals surface area contributed by atoms with Crippen molar-refractivity contribution in [3.05, 3.63) is 21.8 Å². The van der Waals surface area contributed by atoms with E-state index in [0.29, 0.717) is 12.3 Å². The number of ether oxygens (including phenoxy) is 1. The van der Waals surface area contributed by atoms with Crippen molar-refractivity contribution in [2.75, 3.05) is 0 Å². The van der Waals surface area contributed by atoms with E-state index in [1.807, 2.05) is 11.0 Å². The highest BCUT2D eigenvalue weighted by molar-refractivity contribution is 14.1. The Morgan fingerprint density at radius 2 is 2.15 bits per heavy atom. The summed E-state index contributed by atoms with van der Waals surface area (Å²) in [5, 5.41) is 9.89. The molecule has 0 unspecified atom stereocenters. The lowest BCUT2D eigenvalue weighted by atomic mass is 9.94. The van der Waals surface area contributed by atoms with Crippen LogP contribution in [-0.2, 0) is 9.53 Å². The van der Waals surface area contributed by atoms with Crippen molar-refractivity contribution in [2.24, 2.45) is 11.8 Å². The van der Waals surface area contributed by atoms with E-state index >= 15 is 0 Å². The molecular weight excluding hydrogens is 367 g/mol. The van der Waals surface area contributed by atoms with Crippen LogP contribution in [0.2, 0.25) is 0 Å². The highest BCUT2D eigenvalue weighted by Crippen LogP contribution is 2.23. The van der Waals surface area contributed by atoms with Gasteiger partial charge in [-0.15, -0.1) is 0 Å². The Morgan fingerprint density at radius 3 is 2.80 bits per heavy atom. The fraction of sp³-hybridized carbons (Fsp3) is 0.688. The van der Waals surface area contributed by atoms with Crippen molar-refractivity contribution < 1.29 is 14.6 Å². The number of hydrogen-bond acceptors (Lipinski definition) is 3. The number of rotatable bonds is 1. The number of aliphatic hydroxyl groups is 1. The molecule has 1 heterocycles. The number of allylic oxidation sites excluding steroid dienone is 1. The Bertz CT molecular complexity index is 376. The Hall–Kier alpha value is -0.360. The molecule has 20 heavy (non-hydrogen) atoms. The van der Waals surface area contributed by atoms with Crippen LogP contribution in [0.5, 0.6) is 0 Å². The van der Waals surface area contributed by atoms with Crippen LogP contribution in [-0.4, -0.2) is 23.3 Å². The van der Waals surface area contributed by atoms with Gasteiger partial charge in [0.25, 0.3) is 0 Å². The smallest absolute Gasteiger partial charge is 0.309 e. The normalized spacial score (nSPS) is 35.6. The van der Waals surface area contributed by atoms with E-state index in [1.165, 1.54) is 0 Å². The number of halogens is 1. The minimum atomic E-state index is -0.590. The maximum absolute atomic E-state index is 11.9. The summed E-state index contributed by atoms with van der Waals surface area (Å²) < 4.78 is 7.51. The van der Waals surface area contributed by atoms with Gasteiger partial charge in [-0.3, -0.25) is 4.79 Å². The molecule has 0 amide bonds. The summed E-state index contributed by atoms with van der Waals surface area (Å²) in [6.45, 7) is 6.21. The zero-order valence-electron chi connectivity index (χ0n) is 12.5. The summed E-state index contributed by atoms with van der Waals surface area (Å²) in [7, 11) is 0. The summed E-state index contributed by atoms with van der Waals surface area (Å²) in [5.74, 6) is 0.366. The molecule has 0 fully saturated rings. The number of hydrogen-bond donors (Lipinski definition) is 1. The molecule has 114 valence electrons. The monoisotopic (exact) mass is 392 g/mol. The second kappa shape index (κ2) is 8.82. The van der Waals surface area contributed by atoms with Crippen LogP contribution < -0.4 is 0 Å². The highest BCUT2D eigenvalue weighted by atomic mass is 127. The van der Waals surface area contributed by atoms with Crippen molar-refractivity contribution in [3.63, 3.8) is 0 Å². The minimum Gasteiger partial charge on any atom is -0.457 e. The number of carbonyl (C=O) groups excluding carboxylic acids is 1. The summed E-state index contributed by atoms with van der Waals surface area (Å²) in [5.41, 5.74) is 1.04. The van der Waals surface area contributed by atoms with Gasteiger partial charge in [-0.25, -0.2) is 0 Å². The summed E-state index contributed by atoms with van der Waals surface area (Å²) in [6.07, 6.45) is 6.17. The van der Waals surface area contributed by atoms with E-state index in [4.69, 9.17) is 4.74 Å². The molecule has 1 aliphatic heterocycles. The van der Waals surface area contributed by atoms with Gasteiger partial charge in [-0.2, -0.15) is 0 Å². The van der Waals surface area contributed by atoms with E-state index in [2.05, 4.69) is 48.6 Å². The SMILES string of the molecule is C/C(=C\I)[C@H]1OC(=O)C[C@H](O)CC[C@H](C)C/C=C/[C@@H]1C. The van der Waals surface area contributed by atoms with Crippen molar-refractivity contribution in [3.8, 4) is 0 Å². The predicted octanol–water partition coefficient (Wildman–Crippen LogP) is 4.00. The first-order valence-corrected chi connectivity index (χ1v) is 8.49. The average Bonchev–Trinajstić information content (AvgIpc) is 2.40. The maximum atomic E-state index is 11.9. The standard InChI is InChI=1S/C16H25IO3/c1-11-5-4-6-12(2)16(13(3)10-17)20-15(19)9-14(18)8-7-11/h4,6,10-12,14,16,18H,5,7-9H2,1-3H3/b6-4+,13-10+/t11-,12+,14-,16+/m1/s1. The van der Waals surface area contributed by atoms with Gasteiger partial charge >= 0.3 is 5.97 Å². The third kappa shape index (κ3) is 5.95. The Labute approximate surface area is 135 Å². The molecule has 0 saturated carbocycles. The molecule has 0 aromatic rings. The fourth-order valence-corrected chi connectivity index (χ4v) is 2.74. The van der Waals surface area contributed by atoms with E-state index in [1.54, 1.807) is 0 Å². The lowest BCUT2D eigenvalue weighted by Gasteiger charge is -2.24. The molecule has 0 bridgehead atoms. The van der Waals surface area contributed by atoms with E-state index < -0.39 is 6.10 Å². The third-order valence-corrected chi connectivity index (χ3v) is 4.71. The lowest BCUT2D eigenvalue weighted by molar-refractivity contribution is -0.151. The van der Waals surface area contributed by atoms with Gasteiger partial charge < -0.3 is 9.84 Å². The van der Waals surface area contributed by atoms with Crippen molar-refractivity contribution in [1.82, 2.24) is 0 Å². The quantitative estimate of drug-likeness (QED) is 0.417. The van der Waals surface area contributed by atoms with Gasteiger partial charge in [-0.05, 0) is 41.8 Å². The summed E-state index contributed by atoms with van der Waals surface area (Å²) in [4.78, 5) is 11.9. The molecule has 0 saturated heterocycles. The molecule has 0 radical (unpaired) electrons. The number of esters is 1. The molecule has 0 aromatic heterocycles. The van der Waals surface area contributed by atoms with Gasteiger partial charge in [0.2, 0.25) is 0 Å². The first-order chi connectivity index (χ1) is 9.43. The zero-order chi connectivity index (χ0) is 15.1. The van der Waals surface area contributed by atoms with Crippen molar-refractivity contribution in [2.45, 2.75) is 58.7 Å². The molecule has 1 rings (SSSR count). The van der Waals surface area contributed by atoms with Gasteiger partial charge in [-0.1, -0.05) is 48.6 Å². The first-order valence-electron chi connectivity index (χ1n) is 7.25. The Morgan fingerprint density at radius 1 is 1.45 bits per heavy atom. The van der Waals surface area contributed by atoms with Crippen LogP contribution >= 0.6 is 22.6 Å². The van der Waals surface area contributed by atoms with E-state index in [0.717, 1.165) is 18.4 Å². The maximum Gasteiger partial charge on any atom is 0.309 e. The van der Waals surface area contributed by atoms with Crippen LogP contribution in [0.15, 0.2) is 21.8 Å². The lowest BCUT2D eigenvalue weighted by Crippen LogP contribution is -2.28. The van der Waals surface area contributed by atoms with Crippen LogP contribution in [0, 0.1) is 11.8 Å². The second-order valence-electron chi connectivity index (χ2n) is 5.83. The molecule has 4 atom stereocenters. The molecule has 0 spiro atoms. The molecule has 4 heteroatoms. The molecular formula is C16H25IO3. The molecule has 0 aromatic carbocycles. The van der Waals surface area contributed by atoms with Gasteiger partial charge in [0.1, 0.15) is 6.10 Å². The predicted molar refractivity (Wildman–Crippen MR) is 89.6 cm³/mol. The fourth-order valence-electron chi connectivity index (χ4n) is 2.38. The van der Waals surface area contributed by atoms with Crippen LogP contribution in [0.25, 0.3) is 0 Å². The minimum absolute atomic E-state index is 0.0914. The number of cyclic esters (lactones) is 1.